The predicted octanol–water partition coefficient (Wildman–Crippen LogP) is 5.76. The third-order valence-corrected chi connectivity index (χ3v) is 3.89. The third-order valence-electron chi connectivity index (χ3n) is 3.43. The highest BCUT2D eigenvalue weighted by Crippen LogP contribution is 2.26. The molecule has 0 aromatic heterocycles. The van der Waals surface area contributed by atoms with Crippen LogP contribution >= 0.6 is 15.9 Å². The van der Waals surface area contributed by atoms with Crippen molar-refractivity contribution in [2.45, 2.75) is 26.7 Å². The van der Waals surface area contributed by atoms with Gasteiger partial charge < -0.3 is 5.32 Å². The van der Waals surface area contributed by atoms with Crippen LogP contribution in [0.2, 0.25) is 0 Å². The molecule has 0 bridgehead atoms. The Bertz CT molecular complexity index is 624. The highest BCUT2D eigenvalue weighted by Gasteiger charge is 2.05. The lowest BCUT2D eigenvalue weighted by Crippen LogP contribution is -2.03. The summed E-state index contributed by atoms with van der Waals surface area (Å²) < 4.78 is 13.9. The molecule has 0 aliphatic heterocycles. The molecule has 0 saturated heterocycles. The first-order valence-corrected chi connectivity index (χ1v) is 7.71. The van der Waals surface area contributed by atoms with E-state index in [9.17, 15) is 4.39 Å². The van der Waals surface area contributed by atoms with E-state index in [-0.39, 0.29) is 5.82 Å². The largest absolute Gasteiger partial charge is 0.359 e. The number of anilines is 1. The lowest BCUT2D eigenvalue weighted by molar-refractivity contribution is 0.627. The van der Waals surface area contributed by atoms with E-state index in [1.54, 1.807) is 0 Å². The molecule has 0 atom stereocenters. The molecule has 0 spiro atoms. The maximum Gasteiger partial charge on any atom is 0.123 e. The fourth-order valence-electron chi connectivity index (χ4n) is 2.29. The van der Waals surface area contributed by atoms with Gasteiger partial charge in [0.05, 0.1) is 0 Å². The number of hydrogen-bond donors (Lipinski definition) is 1. The Kier molecular flexibility index (Phi) is 5.18. The molecule has 2 aromatic rings. The van der Waals surface area contributed by atoms with E-state index in [0.717, 1.165) is 34.3 Å². The number of aryl methyl sites for hydroxylation is 3. The maximum absolute atomic E-state index is 12.9. The molecule has 1 nitrogen and oxygen atoms in total. The minimum Gasteiger partial charge on any atom is -0.359 e. The monoisotopic (exact) mass is 347 g/mol. The second kappa shape index (κ2) is 6.90. The van der Waals surface area contributed by atoms with Crippen LogP contribution in [0.15, 0.2) is 53.1 Å². The summed E-state index contributed by atoms with van der Waals surface area (Å²) in [6.45, 7) is 8.24. The first-order chi connectivity index (χ1) is 9.95. The molecule has 0 aliphatic rings. The number of allylic oxidation sites excluding steroid dienone is 1. The van der Waals surface area contributed by atoms with Gasteiger partial charge >= 0.3 is 0 Å². The number of nitrogens with one attached hydrogen (secondary N) is 1. The fraction of sp³-hybridized carbons (Fsp3) is 0.222. The Labute approximate surface area is 134 Å². The zero-order valence-electron chi connectivity index (χ0n) is 12.3. The van der Waals surface area contributed by atoms with Gasteiger partial charge in [0.2, 0.25) is 0 Å². The zero-order valence-corrected chi connectivity index (χ0v) is 13.9. The first kappa shape index (κ1) is 15.8. The van der Waals surface area contributed by atoms with Gasteiger partial charge in [0.1, 0.15) is 5.82 Å². The average molecular weight is 348 g/mol. The van der Waals surface area contributed by atoms with Crippen molar-refractivity contribution in [1.82, 2.24) is 0 Å². The number of halogens is 2. The summed E-state index contributed by atoms with van der Waals surface area (Å²) in [6.07, 6.45) is 1.67. The maximum atomic E-state index is 12.9. The van der Waals surface area contributed by atoms with Crippen molar-refractivity contribution in [2.75, 3.05) is 5.32 Å². The van der Waals surface area contributed by atoms with Gasteiger partial charge in [-0.3, -0.25) is 0 Å². The van der Waals surface area contributed by atoms with Crippen molar-refractivity contribution in [2.24, 2.45) is 0 Å². The van der Waals surface area contributed by atoms with Gasteiger partial charge in [-0.25, -0.2) is 4.39 Å². The lowest BCUT2D eigenvalue weighted by atomic mass is 10.1. The standard InChI is InChI=1S/C18H19BrFN/c1-12-10-16(19)11-13(2)18(12)21-14(3)4-5-15-6-8-17(20)9-7-15/h6-11,21H,3-5H2,1-2H3. The van der Waals surface area contributed by atoms with Crippen molar-refractivity contribution in [3.8, 4) is 0 Å². The summed E-state index contributed by atoms with van der Waals surface area (Å²) in [5, 5.41) is 3.40. The third kappa shape index (κ3) is 4.43. The molecule has 2 aromatic carbocycles. The van der Waals surface area contributed by atoms with Crippen molar-refractivity contribution in [1.29, 1.82) is 0 Å². The van der Waals surface area contributed by atoms with E-state index in [2.05, 4.69) is 53.8 Å². The molecule has 0 unspecified atom stereocenters. The SMILES string of the molecule is C=C(CCc1ccc(F)cc1)Nc1c(C)cc(Br)cc1C. The Balaban J connectivity index is 1.97. The predicted molar refractivity (Wildman–Crippen MR) is 91.1 cm³/mol. The van der Waals surface area contributed by atoms with E-state index in [0.29, 0.717) is 0 Å². The van der Waals surface area contributed by atoms with Crippen LogP contribution in [0.1, 0.15) is 23.1 Å². The lowest BCUT2D eigenvalue weighted by Gasteiger charge is -2.15. The van der Waals surface area contributed by atoms with Crippen molar-refractivity contribution in [3.05, 3.63) is 75.7 Å². The fourth-order valence-corrected chi connectivity index (χ4v) is 2.98. The summed E-state index contributed by atoms with van der Waals surface area (Å²) in [4.78, 5) is 0. The minimum absolute atomic E-state index is 0.197. The molecule has 0 saturated carbocycles. The molecular formula is C18H19BrFN. The minimum atomic E-state index is -0.197. The van der Waals surface area contributed by atoms with Crippen LogP contribution in [-0.2, 0) is 6.42 Å². The number of rotatable bonds is 5. The normalized spacial score (nSPS) is 10.5. The molecule has 0 fully saturated rings. The van der Waals surface area contributed by atoms with Gasteiger partial charge in [0.15, 0.2) is 0 Å². The molecule has 3 heteroatoms. The Morgan fingerprint density at radius 1 is 1.14 bits per heavy atom. The summed E-state index contributed by atoms with van der Waals surface area (Å²) in [5.41, 5.74) is 5.56. The molecular weight excluding hydrogens is 329 g/mol. The smallest absolute Gasteiger partial charge is 0.123 e. The first-order valence-electron chi connectivity index (χ1n) is 6.91. The van der Waals surface area contributed by atoms with E-state index in [4.69, 9.17) is 0 Å². The Morgan fingerprint density at radius 3 is 2.29 bits per heavy atom. The van der Waals surface area contributed by atoms with Crippen LogP contribution in [0.4, 0.5) is 10.1 Å². The van der Waals surface area contributed by atoms with Crippen LogP contribution in [0.25, 0.3) is 0 Å². The molecule has 0 aliphatic carbocycles. The second-order valence-electron chi connectivity index (χ2n) is 5.27. The van der Waals surface area contributed by atoms with E-state index in [1.807, 2.05) is 12.1 Å². The molecule has 0 heterocycles. The van der Waals surface area contributed by atoms with Crippen molar-refractivity contribution in [3.63, 3.8) is 0 Å². The van der Waals surface area contributed by atoms with Gasteiger partial charge in [-0.15, -0.1) is 0 Å². The Morgan fingerprint density at radius 2 is 1.71 bits per heavy atom. The molecule has 2 rings (SSSR count). The molecule has 1 N–H and O–H groups in total. The summed E-state index contributed by atoms with van der Waals surface area (Å²) in [7, 11) is 0. The highest BCUT2D eigenvalue weighted by molar-refractivity contribution is 9.10. The summed E-state index contributed by atoms with van der Waals surface area (Å²) in [6, 6.07) is 10.8. The van der Waals surface area contributed by atoms with E-state index >= 15 is 0 Å². The highest BCUT2D eigenvalue weighted by atomic mass is 79.9. The second-order valence-corrected chi connectivity index (χ2v) is 6.19. The van der Waals surface area contributed by atoms with Crippen molar-refractivity contribution >= 4 is 21.6 Å². The average Bonchev–Trinajstić information content (AvgIpc) is 2.42. The number of benzene rings is 2. The van der Waals surface area contributed by atoms with Gasteiger partial charge in [-0.05, 0) is 67.6 Å². The zero-order chi connectivity index (χ0) is 15.4. The van der Waals surface area contributed by atoms with Gasteiger partial charge in [0, 0.05) is 15.9 Å². The van der Waals surface area contributed by atoms with Crippen LogP contribution in [0.3, 0.4) is 0 Å². The summed E-state index contributed by atoms with van der Waals surface area (Å²) >= 11 is 3.50. The van der Waals surface area contributed by atoms with Crippen molar-refractivity contribution < 1.29 is 4.39 Å². The molecule has 0 amide bonds. The molecule has 21 heavy (non-hydrogen) atoms. The van der Waals surface area contributed by atoms with Crippen LogP contribution in [0, 0.1) is 19.7 Å². The van der Waals surface area contributed by atoms with Crippen LogP contribution < -0.4 is 5.32 Å². The van der Waals surface area contributed by atoms with E-state index < -0.39 is 0 Å². The van der Waals surface area contributed by atoms with Crippen LogP contribution in [-0.4, -0.2) is 0 Å². The number of hydrogen-bond acceptors (Lipinski definition) is 1. The molecule has 110 valence electrons. The van der Waals surface area contributed by atoms with Gasteiger partial charge in [0.25, 0.3) is 0 Å². The van der Waals surface area contributed by atoms with Crippen LogP contribution in [0.5, 0.6) is 0 Å². The van der Waals surface area contributed by atoms with Gasteiger partial charge in [-0.2, -0.15) is 0 Å². The van der Waals surface area contributed by atoms with E-state index in [1.165, 1.54) is 23.3 Å². The van der Waals surface area contributed by atoms with Gasteiger partial charge in [-0.1, -0.05) is 34.6 Å². The quantitative estimate of drug-likeness (QED) is 0.724. The Hall–Kier alpha value is -1.61. The summed E-state index contributed by atoms with van der Waals surface area (Å²) in [5.74, 6) is -0.197. The topological polar surface area (TPSA) is 12.0 Å². The molecule has 0 radical (unpaired) electrons.